The number of nitrogens with zero attached hydrogens (tertiary/aromatic N) is 1. The molecule has 0 bridgehead atoms. The lowest BCUT2D eigenvalue weighted by molar-refractivity contribution is 0.0697. The maximum Gasteiger partial charge on any atom is 0.336 e. The summed E-state index contributed by atoms with van der Waals surface area (Å²) < 4.78 is 10.9. The molecule has 3 aromatic rings. The number of amides is 1. The van der Waals surface area contributed by atoms with Gasteiger partial charge in [0, 0.05) is 27.9 Å². The van der Waals surface area contributed by atoms with Gasteiger partial charge in [-0.05, 0) is 43.5 Å². The Labute approximate surface area is 192 Å². The molecule has 1 N–H and O–H groups in total. The monoisotopic (exact) mass is 453 g/mol. The van der Waals surface area contributed by atoms with Gasteiger partial charge < -0.3 is 19.5 Å². The van der Waals surface area contributed by atoms with Gasteiger partial charge in [0.2, 0.25) is 0 Å². The molecule has 6 nitrogen and oxygen atoms in total. The van der Waals surface area contributed by atoms with Crippen LogP contribution in [0.15, 0.2) is 53.9 Å². The zero-order valence-electron chi connectivity index (χ0n) is 18.5. The maximum absolute atomic E-state index is 13.5. The van der Waals surface area contributed by atoms with Crippen molar-refractivity contribution in [2.45, 2.75) is 26.3 Å². The van der Waals surface area contributed by atoms with Crippen LogP contribution in [0.25, 0.3) is 0 Å². The topological polar surface area (TPSA) is 76.1 Å². The number of hydrogen-bond donors (Lipinski definition) is 1. The van der Waals surface area contributed by atoms with E-state index in [-0.39, 0.29) is 11.5 Å². The number of carboxylic acid groups (broad SMARTS) is 1. The third-order valence-electron chi connectivity index (χ3n) is 5.27. The average molecular weight is 454 g/mol. The van der Waals surface area contributed by atoms with Gasteiger partial charge in [-0.2, -0.15) is 0 Å². The van der Waals surface area contributed by atoms with Crippen molar-refractivity contribution < 1.29 is 24.2 Å². The van der Waals surface area contributed by atoms with Gasteiger partial charge in [0.1, 0.15) is 11.5 Å². The summed E-state index contributed by atoms with van der Waals surface area (Å²) in [5.74, 6) is 0.0462. The fourth-order valence-corrected chi connectivity index (χ4v) is 4.40. The summed E-state index contributed by atoms with van der Waals surface area (Å²) in [7, 11) is 3.12. The van der Waals surface area contributed by atoms with Crippen molar-refractivity contribution in [1.29, 1.82) is 0 Å². The molecule has 0 aliphatic rings. The average Bonchev–Trinajstić information content (AvgIpc) is 3.28. The van der Waals surface area contributed by atoms with E-state index in [2.05, 4.69) is 12.1 Å². The Hall–Kier alpha value is -3.32. The highest BCUT2D eigenvalue weighted by Gasteiger charge is 2.21. The number of carbonyl (C=O) groups excluding carboxylic acids is 1. The molecule has 0 aliphatic carbocycles. The van der Waals surface area contributed by atoms with E-state index >= 15 is 0 Å². The van der Waals surface area contributed by atoms with E-state index in [9.17, 15) is 14.7 Å². The van der Waals surface area contributed by atoms with Gasteiger partial charge in [-0.1, -0.05) is 30.3 Å². The summed E-state index contributed by atoms with van der Waals surface area (Å²) >= 11 is 1.34. The smallest absolute Gasteiger partial charge is 0.336 e. The van der Waals surface area contributed by atoms with E-state index < -0.39 is 5.97 Å². The summed E-state index contributed by atoms with van der Waals surface area (Å²) in [6, 6.07) is 15.2. The standard InChI is InChI=1S/C25H27NO5S/c1-17-22(30-2)13-19(14-23(17)31-3)24(27)26(11-7-10-18-8-5-4-6-9-18)15-21-12-20(16-32-21)25(28)29/h4-6,8-9,12-14,16H,7,10-11,15H2,1-3H3,(H,28,29). The largest absolute Gasteiger partial charge is 0.496 e. The van der Waals surface area contributed by atoms with Gasteiger partial charge in [-0.3, -0.25) is 4.79 Å². The predicted octanol–water partition coefficient (Wildman–Crippen LogP) is 5.05. The SMILES string of the molecule is COc1cc(C(=O)N(CCCc2ccccc2)Cc2cc(C(=O)O)cs2)cc(OC)c1C. The Balaban J connectivity index is 1.84. The van der Waals surface area contributed by atoms with Gasteiger partial charge in [-0.25, -0.2) is 4.79 Å². The number of carbonyl (C=O) groups is 2. The first-order valence-electron chi connectivity index (χ1n) is 10.3. The quantitative estimate of drug-likeness (QED) is 0.465. The molecule has 1 heterocycles. The Morgan fingerprint density at radius 3 is 2.22 bits per heavy atom. The lowest BCUT2D eigenvalue weighted by atomic mass is 10.1. The summed E-state index contributed by atoms with van der Waals surface area (Å²) in [5.41, 5.74) is 2.74. The van der Waals surface area contributed by atoms with Crippen molar-refractivity contribution in [3.8, 4) is 11.5 Å². The molecule has 1 aromatic heterocycles. The number of ether oxygens (including phenoxy) is 2. The molecule has 0 radical (unpaired) electrons. The number of aromatic carboxylic acids is 1. The van der Waals surface area contributed by atoms with Crippen LogP contribution in [-0.4, -0.2) is 42.6 Å². The van der Waals surface area contributed by atoms with Crippen LogP contribution in [0.1, 0.15) is 43.1 Å². The second-order valence-corrected chi connectivity index (χ2v) is 8.42. The number of aryl methyl sites for hydroxylation is 1. The third-order valence-corrected chi connectivity index (χ3v) is 6.19. The fourth-order valence-electron chi connectivity index (χ4n) is 3.53. The Morgan fingerprint density at radius 2 is 1.66 bits per heavy atom. The number of rotatable bonds is 10. The molecular formula is C25H27NO5S. The molecule has 0 saturated carbocycles. The fraction of sp³-hybridized carbons (Fsp3) is 0.280. The molecule has 0 spiro atoms. The van der Waals surface area contributed by atoms with Gasteiger partial charge in [0.15, 0.2) is 0 Å². The van der Waals surface area contributed by atoms with Gasteiger partial charge in [-0.15, -0.1) is 11.3 Å². The van der Waals surface area contributed by atoms with Crippen LogP contribution in [0.3, 0.4) is 0 Å². The highest BCUT2D eigenvalue weighted by atomic mass is 32.1. The third kappa shape index (κ3) is 5.68. The van der Waals surface area contributed by atoms with Crippen LogP contribution >= 0.6 is 11.3 Å². The number of hydrogen-bond acceptors (Lipinski definition) is 5. The molecule has 0 atom stereocenters. The second kappa shape index (κ2) is 10.8. The Morgan fingerprint density at radius 1 is 1.00 bits per heavy atom. The van der Waals surface area contributed by atoms with E-state index in [1.54, 1.807) is 42.7 Å². The van der Waals surface area contributed by atoms with Crippen molar-refractivity contribution in [1.82, 2.24) is 4.90 Å². The molecule has 0 fully saturated rings. The molecule has 0 saturated heterocycles. The van der Waals surface area contributed by atoms with Crippen molar-refractivity contribution in [3.63, 3.8) is 0 Å². The van der Waals surface area contributed by atoms with E-state index in [0.29, 0.717) is 30.2 Å². The van der Waals surface area contributed by atoms with E-state index in [0.717, 1.165) is 23.3 Å². The molecule has 0 unspecified atom stereocenters. The molecule has 1 amide bonds. The van der Waals surface area contributed by atoms with Crippen LogP contribution in [0.4, 0.5) is 0 Å². The summed E-state index contributed by atoms with van der Waals surface area (Å²) in [6.45, 7) is 2.75. The van der Waals surface area contributed by atoms with Crippen molar-refractivity contribution in [2.75, 3.05) is 20.8 Å². The Bertz CT molecular complexity index is 1050. The second-order valence-electron chi connectivity index (χ2n) is 7.43. The molecule has 0 aliphatic heterocycles. The van der Waals surface area contributed by atoms with Crippen LogP contribution in [0.2, 0.25) is 0 Å². The van der Waals surface area contributed by atoms with Crippen molar-refractivity contribution in [3.05, 3.63) is 81.0 Å². The normalized spacial score (nSPS) is 10.6. The number of methoxy groups -OCH3 is 2. The number of carboxylic acids is 1. The van der Waals surface area contributed by atoms with Crippen LogP contribution < -0.4 is 9.47 Å². The highest BCUT2D eigenvalue weighted by Crippen LogP contribution is 2.30. The molecule has 168 valence electrons. The molecule has 32 heavy (non-hydrogen) atoms. The van der Waals surface area contributed by atoms with E-state index in [1.807, 2.05) is 25.1 Å². The zero-order chi connectivity index (χ0) is 23.1. The lowest BCUT2D eigenvalue weighted by Gasteiger charge is -2.23. The first-order valence-corrected chi connectivity index (χ1v) is 11.2. The molecule has 7 heteroatoms. The van der Waals surface area contributed by atoms with Crippen LogP contribution in [0.5, 0.6) is 11.5 Å². The minimum atomic E-state index is -0.970. The van der Waals surface area contributed by atoms with Gasteiger partial charge in [0.05, 0.1) is 26.3 Å². The van der Waals surface area contributed by atoms with Crippen molar-refractivity contribution in [2.24, 2.45) is 0 Å². The Kier molecular flexibility index (Phi) is 7.89. The first kappa shape index (κ1) is 23.3. The number of thiophene rings is 1. The minimum Gasteiger partial charge on any atom is -0.496 e. The summed E-state index contributed by atoms with van der Waals surface area (Å²) in [4.78, 5) is 27.3. The highest BCUT2D eigenvalue weighted by molar-refractivity contribution is 7.10. The molecule has 3 rings (SSSR count). The van der Waals surface area contributed by atoms with Crippen molar-refractivity contribution >= 4 is 23.2 Å². The lowest BCUT2D eigenvalue weighted by Crippen LogP contribution is -2.31. The van der Waals surface area contributed by atoms with Crippen LogP contribution in [0, 0.1) is 6.92 Å². The molecule has 2 aromatic carbocycles. The van der Waals surface area contributed by atoms with E-state index in [1.165, 1.54) is 16.9 Å². The summed E-state index contributed by atoms with van der Waals surface area (Å²) in [5, 5.41) is 10.8. The van der Waals surface area contributed by atoms with Crippen LogP contribution in [-0.2, 0) is 13.0 Å². The summed E-state index contributed by atoms with van der Waals surface area (Å²) in [6.07, 6.45) is 1.63. The molecular weight excluding hydrogens is 426 g/mol. The van der Waals surface area contributed by atoms with Gasteiger partial charge in [0.25, 0.3) is 5.91 Å². The zero-order valence-corrected chi connectivity index (χ0v) is 19.3. The minimum absolute atomic E-state index is 0.153. The first-order chi connectivity index (χ1) is 15.4. The van der Waals surface area contributed by atoms with E-state index in [4.69, 9.17) is 9.47 Å². The predicted molar refractivity (Wildman–Crippen MR) is 125 cm³/mol. The maximum atomic E-state index is 13.5. The van der Waals surface area contributed by atoms with Gasteiger partial charge >= 0.3 is 5.97 Å². The number of benzene rings is 2.